The van der Waals surface area contributed by atoms with Gasteiger partial charge < -0.3 is 14.9 Å². The molecule has 2 aliphatic carbocycles. The molecule has 3 rings (SSSR count). The summed E-state index contributed by atoms with van der Waals surface area (Å²) in [5.41, 5.74) is -0.0962. The summed E-state index contributed by atoms with van der Waals surface area (Å²) in [5, 5.41) is 20.3. The number of ether oxygens (including phenoxy) is 1. The molecule has 3 aliphatic rings. The van der Waals surface area contributed by atoms with Gasteiger partial charge in [-0.05, 0) is 56.3 Å². The third-order valence-electron chi connectivity index (χ3n) is 6.95. The van der Waals surface area contributed by atoms with Crippen LogP contribution in [0.1, 0.15) is 52.9 Å². The van der Waals surface area contributed by atoms with Gasteiger partial charge in [0.05, 0.1) is 18.3 Å². The average Bonchev–Trinajstić information content (AvgIpc) is 2.78. The van der Waals surface area contributed by atoms with Crippen molar-refractivity contribution in [3.8, 4) is 0 Å². The van der Waals surface area contributed by atoms with Crippen LogP contribution in [0, 0.1) is 22.7 Å². The van der Waals surface area contributed by atoms with E-state index >= 15 is 0 Å². The first-order chi connectivity index (χ1) is 8.87. The lowest BCUT2D eigenvalue weighted by molar-refractivity contribution is -0.195. The fraction of sp³-hybridized carbons (Fsp3) is 1.00. The Bertz CT molecular complexity index is 371. The lowest BCUT2D eigenvalue weighted by atomic mass is 9.45. The van der Waals surface area contributed by atoms with Gasteiger partial charge in [-0.25, -0.2) is 0 Å². The second kappa shape index (κ2) is 4.19. The molecule has 3 nitrogen and oxygen atoms in total. The Kier molecular flexibility index (Phi) is 3.05. The zero-order chi connectivity index (χ0) is 13.9. The molecular formula is C16H28O3. The van der Waals surface area contributed by atoms with Gasteiger partial charge in [-0.2, -0.15) is 0 Å². The summed E-state index contributed by atoms with van der Waals surface area (Å²) in [4.78, 5) is 0. The van der Waals surface area contributed by atoms with E-state index in [1.165, 1.54) is 0 Å². The maximum atomic E-state index is 10.4. The predicted molar refractivity (Wildman–Crippen MR) is 73.7 cm³/mol. The van der Waals surface area contributed by atoms with Crippen molar-refractivity contribution in [3.63, 3.8) is 0 Å². The smallest absolute Gasteiger partial charge is 0.0688 e. The normalized spacial score (nSPS) is 57.6. The third kappa shape index (κ3) is 1.68. The van der Waals surface area contributed by atoms with Crippen LogP contribution >= 0.6 is 0 Å². The summed E-state index contributed by atoms with van der Waals surface area (Å²) < 4.78 is 6.06. The van der Waals surface area contributed by atoms with E-state index in [4.69, 9.17) is 4.74 Å². The van der Waals surface area contributed by atoms with E-state index in [0.29, 0.717) is 11.8 Å². The fourth-order valence-corrected chi connectivity index (χ4v) is 5.75. The highest BCUT2D eigenvalue weighted by atomic mass is 16.5. The number of fused-ring (bicyclic) bond motifs is 3. The van der Waals surface area contributed by atoms with Gasteiger partial charge >= 0.3 is 0 Å². The number of aliphatic hydroxyl groups is 2. The number of rotatable bonds is 1. The van der Waals surface area contributed by atoms with E-state index in [2.05, 4.69) is 20.8 Å². The van der Waals surface area contributed by atoms with Crippen LogP contribution in [0.15, 0.2) is 0 Å². The largest absolute Gasteiger partial charge is 0.396 e. The third-order valence-corrected chi connectivity index (χ3v) is 6.95. The molecule has 3 heteroatoms. The zero-order valence-corrected chi connectivity index (χ0v) is 12.5. The molecule has 0 aromatic heterocycles. The van der Waals surface area contributed by atoms with Crippen LogP contribution in [0.25, 0.3) is 0 Å². The minimum absolute atomic E-state index is 0.0317. The molecule has 0 radical (unpaired) electrons. The van der Waals surface area contributed by atoms with E-state index in [-0.39, 0.29) is 29.1 Å². The highest BCUT2D eigenvalue weighted by Gasteiger charge is 2.63. The Morgan fingerprint density at radius 3 is 2.47 bits per heavy atom. The van der Waals surface area contributed by atoms with Crippen molar-refractivity contribution in [2.24, 2.45) is 22.7 Å². The second-order valence-corrected chi connectivity index (χ2v) is 7.82. The Balaban J connectivity index is 1.99. The molecule has 1 saturated heterocycles. The first-order valence-electron chi connectivity index (χ1n) is 7.80. The maximum absolute atomic E-state index is 10.4. The summed E-state index contributed by atoms with van der Waals surface area (Å²) >= 11 is 0. The molecule has 0 spiro atoms. The summed E-state index contributed by atoms with van der Waals surface area (Å²) in [7, 11) is 0. The molecule has 1 aliphatic heterocycles. The van der Waals surface area contributed by atoms with E-state index in [9.17, 15) is 10.2 Å². The molecule has 0 aromatic carbocycles. The van der Waals surface area contributed by atoms with Crippen LogP contribution in [-0.2, 0) is 4.74 Å². The van der Waals surface area contributed by atoms with E-state index < -0.39 is 0 Å². The minimum atomic E-state index is -0.359. The van der Waals surface area contributed by atoms with Crippen molar-refractivity contribution >= 4 is 0 Å². The van der Waals surface area contributed by atoms with Crippen LogP contribution in [-0.4, -0.2) is 35.1 Å². The number of hydrogen-bond donors (Lipinski definition) is 2. The molecule has 19 heavy (non-hydrogen) atoms. The molecule has 1 heterocycles. The van der Waals surface area contributed by atoms with E-state index in [1.54, 1.807) is 0 Å². The molecule has 6 atom stereocenters. The van der Waals surface area contributed by atoms with E-state index in [0.717, 1.165) is 38.7 Å². The van der Waals surface area contributed by atoms with E-state index in [1.807, 2.05) is 0 Å². The van der Waals surface area contributed by atoms with Gasteiger partial charge in [0.2, 0.25) is 0 Å². The average molecular weight is 268 g/mol. The van der Waals surface area contributed by atoms with Gasteiger partial charge in [0.25, 0.3) is 0 Å². The lowest BCUT2D eigenvalue weighted by Gasteiger charge is -2.61. The van der Waals surface area contributed by atoms with Gasteiger partial charge in [0.15, 0.2) is 0 Å². The van der Waals surface area contributed by atoms with Gasteiger partial charge in [-0.3, -0.25) is 0 Å². The van der Waals surface area contributed by atoms with Crippen molar-refractivity contribution in [2.45, 2.75) is 64.6 Å². The van der Waals surface area contributed by atoms with Gasteiger partial charge in [0, 0.05) is 12.0 Å². The minimum Gasteiger partial charge on any atom is -0.396 e. The van der Waals surface area contributed by atoms with Crippen LogP contribution < -0.4 is 0 Å². The van der Waals surface area contributed by atoms with Gasteiger partial charge in [-0.1, -0.05) is 13.8 Å². The first kappa shape index (κ1) is 13.8. The molecule has 2 saturated carbocycles. The van der Waals surface area contributed by atoms with Crippen molar-refractivity contribution in [1.82, 2.24) is 0 Å². The standard InChI is InChI=1S/C16H28O3/c1-14-7-5-13(18)15(2,10-17)11(14)4-8-16(3)12(14)6-9-19-16/h11-13,17-18H,4-10H2,1-3H3/t11-,12-,13+,14+,15-,16-/m1/s1. The van der Waals surface area contributed by atoms with Crippen LogP contribution in [0.5, 0.6) is 0 Å². The fourth-order valence-electron chi connectivity index (χ4n) is 5.75. The zero-order valence-electron chi connectivity index (χ0n) is 12.5. The Morgan fingerprint density at radius 2 is 1.79 bits per heavy atom. The van der Waals surface area contributed by atoms with Crippen molar-refractivity contribution in [3.05, 3.63) is 0 Å². The molecule has 3 fully saturated rings. The highest BCUT2D eigenvalue weighted by Crippen LogP contribution is 2.64. The quantitative estimate of drug-likeness (QED) is 0.767. The maximum Gasteiger partial charge on any atom is 0.0688 e. The molecule has 0 aromatic rings. The Morgan fingerprint density at radius 1 is 1.05 bits per heavy atom. The molecule has 0 amide bonds. The molecule has 2 N–H and O–H groups in total. The second-order valence-electron chi connectivity index (χ2n) is 7.82. The summed E-state index contributed by atoms with van der Waals surface area (Å²) in [6.45, 7) is 7.71. The Labute approximate surface area is 116 Å². The predicted octanol–water partition coefficient (Wildman–Crippen LogP) is 2.35. The first-order valence-corrected chi connectivity index (χ1v) is 7.80. The number of aliphatic hydroxyl groups excluding tert-OH is 2. The van der Waals surface area contributed by atoms with Crippen molar-refractivity contribution in [2.75, 3.05) is 13.2 Å². The van der Waals surface area contributed by atoms with Crippen LogP contribution in [0.2, 0.25) is 0 Å². The lowest BCUT2D eigenvalue weighted by Crippen LogP contribution is -2.61. The summed E-state index contributed by atoms with van der Waals surface area (Å²) in [6.07, 6.45) is 4.80. The Hall–Kier alpha value is -0.120. The van der Waals surface area contributed by atoms with Crippen molar-refractivity contribution < 1.29 is 14.9 Å². The molecule has 0 bridgehead atoms. The van der Waals surface area contributed by atoms with Crippen LogP contribution in [0.3, 0.4) is 0 Å². The monoisotopic (exact) mass is 268 g/mol. The summed E-state index contributed by atoms with van der Waals surface area (Å²) in [5.74, 6) is 0.991. The highest BCUT2D eigenvalue weighted by molar-refractivity contribution is 5.12. The van der Waals surface area contributed by atoms with Crippen molar-refractivity contribution in [1.29, 1.82) is 0 Å². The molecule has 0 unspecified atom stereocenters. The van der Waals surface area contributed by atoms with Gasteiger partial charge in [0.1, 0.15) is 0 Å². The summed E-state index contributed by atoms with van der Waals surface area (Å²) in [6, 6.07) is 0. The number of hydrogen-bond acceptors (Lipinski definition) is 3. The SMILES string of the molecule is C[C@]12CC[C@H](O)[C@](C)(CO)[C@@H]1CC[C@@]1(C)OCC[C@H]21. The molecule has 110 valence electrons. The molecular weight excluding hydrogens is 240 g/mol. The van der Waals surface area contributed by atoms with Crippen LogP contribution in [0.4, 0.5) is 0 Å². The van der Waals surface area contributed by atoms with Gasteiger partial charge in [-0.15, -0.1) is 0 Å². The topological polar surface area (TPSA) is 49.7 Å².